The SMILES string of the molecule is Cc1ccc(CNC(=O)CC2(CS)CC2)cc1. The fourth-order valence-corrected chi connectivity index (χ4v) is 2.31. The smallest absolute Gasteiger partial charge is 0.220 e. The lowest BCUT2D eigenvalue weighted by Gasteiger charge is -2.11. The topological polar surface area (TPSA) is 29.1 Å². The van der Waals surface area contributed by atoms with Crippen LogP contribution in [0.3, 0.4) is 0 Å². The van der Waals surface area contributed by atoms with Gasteiger partial charge in [-0.05, 0) is 36.5 Å². The van der Waals surface area contributed by atoms with Crippen LogP contribution in [-0.4, -0.2) is 11.7 Å². The predicted octanol–water partition coefficient (Wildman–Crippen LogP) is 2.71. The van der Waals surface area contributed by atoms with Gasteiger partial charge < -0.3 is 5.32 Å². The number of nitrogens with one attached hydrogen (secondary N) is 1. The first-order valence-corrected chi connectivity index (χ1v) is 6.70. The van der Waals surface area contributed by atoms with Crippen molar-refractivity contribution in [2.24, 2.45) is 5.41 Å². The summed E-state index contributed by atoms with van der Waals surface area (Å²) in [5, 5.41) is 2.98. The summed E-state index contributed by atoms with van der Waals surface area (Å²) in [5.41, 5.74) is 2.60. The Labute approximate surface area is 108 Å². The van der Waals surface area contributed by atoms with Gasteiger partial charge in [0.2, 0.25) is 5.91 Å². The second kappa shape index (κ2) is 5.13. The number of benzene rings is 1. The summed E-state index contributed by atoms with van der Waals surface area (Å²) in [5.74, 6) is 0.974. The molecule has 0 unspecified atom stereocenters. The van der Waals surface area contributed by atoms with E-state index in [1.165, 1.54) is 5.56 Å². The van der Waals surface area contributed by atoms with Crippen LogP contribution in [0.25, 0.3) is 0 Å². The molecule has 1 aliphatic carbocycles. The molecule has 1 N–H and O–H groups in total. The molecular weight excluding hydrogens is 230 g/mol. The van der Waals surface area contributed by atoms with Crippen LogP contribution in [0, 0.1) is 12.3 Å². The monoisotopic (exact) mass is 249 g/mol. The molecule has 2 rings (SSSR count). The average Bonchev–Trinajstić information content (AvgIpc) is 3.09. The van der Waals surface area contributed by atoms with Crippen molar-refractivity contribution in [1.29, 1.82) is 0 Å². The van der Waals surface area contributed by atoms with Gasteiger partial charge in [-0.2, -0.15) is 12.6 Å². The Hall–Kier alpha value is -0.960. The van der Waals surface area contributed by atoms with E-state index in [2.05, 4.69) is 49.1 Å². The zero-order valence-corrected chi connectivity index (χ0v) is 11.1. The van der Waals surface area contributed by atoms with Crippen LogP contribution >= 0.6 is 12.6 Å². The molecule has 1 saturated carbocycles. The fraction of sp³-hybridized carbons (Fsp3) is 0.500. The molecule has 0 spiro atoms. The fourth-order valence-electron chi connectivity index (χ4n) is 1.88. The molecule has 0 heterocycles. The molecule has 3 heteroatoms. The van der Waals surface area contributed by atoms with E-state index in [0.29, 0.717) is 13.0 Å². The maximum absolute atomic E-state index is 11.8. The van der Waals surface area contributed by atoms with Crippen LogP contribution < -0.4 is 5.32 Å². The molecule has 1 aromatic rings. The Bertz CT molecular complexity index is 395. The standard InChI is InChI=1S/C14H19NOS/c1-11-2-4-12(5-3-11)9-15-13(16)8-14(10-17)6-7-14/h2-5,17H,6-10H2,1H3,(H,15,16). The van der Waals surface area contributed by atoms with Crippen molar-refractivity contribution in [2.75, 3.05) is 5.75 Å². The summed E-state index contributed by atoms with van der Waals surface area (Å²) in [6.45, 7) is 2.69. The Morgan fingerprint density at radius 2 is 2.00 bits per heavy atom. The van der Waals surface area contributed by atoms with Crippen LogP contribution in [0.5, 0.6) is 0 Å². The summed E-state index contributed by atoms with van der Waals surface area (Å²) in [4.78, 5) is 11.8. The van der Waals surface area contributed by atoms with Crippen molar-refractivity contribution in [3.63, 3.8) is 0 Å². The molecule has 0 aliphatic heterocycles. The lowest BCUT2D eigenvalue weighted by molar-refractivity contribution is -0.122. The normalized spacial score (nSPS) is 16.6. The van der Waals surface area contributed by atoms with E-state index in [-0.39, 0.29) is 11.3 Å². The number of carbonyl (C=O) groups is 1. The zero-order valence-electron chi connectivity index (χ0n) is 10.2. The Morgan fingerprint density at radius 1 is 1.35 bits per heavy atom. The Morgan fingerprint density at radius 3 is 2.53 bits per heavy atom. The third-order valence-corrected chi connectivity index (χ3v) is 4.11. The van der Waals surface area contributed by atoms with Gasteiger partial charge in [-0.15, -0.1) is 0 Å². The van der Waals surface area contributed by atoms with Gasteiger partial charge in [0.05, 0.1) is 0 Å². The number of hydrogen-bond acceptors (Lipinski definition) is 2. The summed E-state index contributed by atoms with van der Waals surface area (Å²) < 4.78 is 0. The number of carbonyl (C=O) groups excluding carboxylic acids is 1. The molecule has 1 fully saturated rings. The summed E-state index contributed by atoms with van der Waals surface area (Å²) >= 11 is 4.31. The minimum Gasteiger partial charge on any atom is -0.352 e. The quantitative estimate of drug-likeness (QED) is 0.772. The summed E-state index contributed by atoms with van der Waals surface area (Å²) in [6.07, 6.45) is 2.92. The lowest BCUT2D eigenvalue weighted by atomic mass is 10.1. The highest BCUT2D eigenvalue weighted by molar-refractivity contribution is 7.80. The number of thiol groups is 1. The molecule has 2 nitrogen and oxygen atoms in total. The largest absolute Gasteiger partial charge is 0.352 e. The molecule has 0 saturated heterocycles. The van der Waals surface area contributed by atoms with Crippen LogP contribution in [-0.2, 0) is 11.3 Å². The molecule has 0 bridgehead atoms. The van der Waals surface area contributed by atoms with Gasteiger partial charge in [-0.3, -0.25) is 4.79 Å². The highest BCUT2D eigenvalue weighted by Crippen LogP contribution is 2.49. The van der Waals surface area contributed by atoms with Crippen molar-refractivity contribution in [3.8, 4) is 0 Å². The van der Waals surface area contributed by atoms with Crippen LogP contribution in [0.2, 0.25) is 0 Å². The predicted molar refractivity (Wildman–Crippen MR) is 73.2 cm³/mol. The molecule has 17 heavy (non-hydrogen) atoms. The average molecular weight is 249 g/mol. The third kappa shape index (κ3) is 3.50. The van der Waals surface area contributed by atoms with Crippen LogP contribution in [0.1, 0.15) is 30.4 Å². The van der Waals surface area contributed by atoms with E-state index in [4.69, 9.17) is 0 Å². The van der Waals surface area contributed by atoms with E-state index in [1.807, 2.05) is 0 Å². The van der Waals surface area contributed by atoms with Crippen molar-refractivity contribution in [2.45, 2.75) is 32.7 Å². The van der Waals surface area contributed by atoms with Gasteiger partial charge >= 0.3 is 0 Å². The Balaban J connectivity index is 1.78. The molecule has 92 valence electrons. The molecule has 1 aromatic carbocycles. The van der Waals surface area contributed by atoms with Crippen LogP contribution in [0.4, 0.5) is 0 Å². The molecular formula is C14H19NOS. The first-order chi connectivity index (χ1) is 8.13. The van der Waals surface area contributed by atoms with Crippen molar-refractivity contribution in [3.05, 3.63) is 35.4 Å². The number of rotatable bonds is 5. The lowest BCUT2D eigenvalue weighted by Crippen LogP contribution is -2.26. The second-order valence-electron chi connectivity index (χ2n) is 5.10. The van der Waals surface area contributed by atoms with E-state index >= 15 is 0 Å². The summed E-state index contributed by atoms with van der Waals surface area (Å²) in [7, 11) is 0. The molecule has 1 amide bonds. The first kappa shape index (κ1) is 12.5. The van der Waals surface area contributed by atoms with Gasteiger partial charge in [0, 0.05) is 13.0 Å². The minimum absolute atomic E-state index is 0.150. The van der Waals surface area contributed by atoms with Gasteiger partial charge in [0.1, 0.15) is 0 Å². The van der Waals surface area contributed by atoms with Gasteiger partial charge in [-0.1, -0.05) is 29.8 Å². The van der Waals surface area contributed by atoms with Crippen molar-refractivity contribution in [1.82, 2.24) is 5.32 Å². The number of hydrogen-bond donors (Lipinski definition) is 2. The van der Waals surface area contributed by atoms with Gasteiger partial charge in [-0.25, -0.2) is 0 Å². The van der Waals surface area contributed by atoms with E-state index in [9.17, 15) is 4.79 Å². The second-order valence-corrected chi connectivity index (χ2v) is 5.41. The molecule has 1 aliphatic rings. The van der Waals surface area contributed by atoms with Gasteiger partial charge in [0.15, 0.2) is 0 Å². The Kier molecular flexibility index (Phi) is 3.77. The van der Waals surface area contributed by atoms with Crippen molar-refractivity contribution < 1.29 is 4.79 Å². The van der Waals surface area contributed by atoms with E-state index < -0.39 is 0 Å². The van der Waals surface area contributed by atoms with Crippen molar-refractivity contribution >= 4 is 18.5 Å². The third-order valence-electron chi connectivity index (χ3n) is 3.44. The van der Waals surface area contributed by atoms with E-state index in [1.54, 1.807) is 0 Å². The van der Waals surface area contributed by atoms with Crippen LogP contribution in [0.15, 0.2) is 24.3 Å². The van der Waals surface area contributed by atoms with Gasteiger partial charge in [0.25, 0.3) is 0 Å². The maximum Gasteiger partial charge on any atom is 0.220 e. The highest BCUT2D eigenvalue weighted by atomic mass is 32.1. The van der Waals surface area contributed by atoms with E-state index in [0.717, 1.165) is 24.2 Å². The summed E-state index contributed by atoms with van der Waals surface area (Å²) in [6, 6.07) is 8.25. The maximum atomic E-state index is 11.8. The molecule has 0 atom stereocenters. The highest BCUT2D eigenvalue weighted by Gasteiger charge is 2.42. The molecule has 0 radical (unpaired) electrons. The number of aryl methyl sites for hydroxylation is 1. The first-order valence-electron chi connectivity index (χ1n) is 6.07. The minimum atomic E-state index is 0.150. The number of amides is 1. The molecule has 0 aromatic heterocycles. The zero-order chi connectivity index (χ0) is 12.3.